The monoisotopic (exact) mass is 261 g/mol. The molecule has 0 aromatic heterocycles. The second-order valence-electron chi connectivity index (χ2n) is 5.92. The molecule has 2 aliphatic heterocycles. The van der Waals surface area contributed by atoms with E-state index >= 15 is 0 Å². The van der Waals surface area contributed by atoms with E-state index in [2.05, 4.69) is 19.2 Å². The van der Waals surface area contributed by atoms with Gasteiger partial charge >= 0.3 is 0 Å². The van der Waals surface area contributed by atoms with Crippen LogP contribution >= 0.6 is 0 Å². The van der Waals surface area contributed by atoms with E-state index in [4.69, 9.17) is 4.74 Å². The molecule has 2 atom stereocenters. The Balaban J connectivity index is 1.88. The second-order valence-corrected chi connectivity index (χ2v) is 8.15. The number of hydrogen-bond donors (Lipinski definition) is 1. The molecule has 1 N–H and O–H groups in total. The highest BCUT2D eigenvalue weighted by molar-refractivity contribution is 7.91. The molecular weight excluding hydrogens is 238 g/mol. The second kappa shape index (κ2) is 4.86. The molecule has 0 spiro atoms. The highest BCUT2D eigenvalue weighted by atomic mass is 32.2. The Morgan fingerprint density at radius 3 is 2.65 bits per heavy atom. The van der Waals surface area contributed by atoms with Gasteiger partial charge in [-0.25, -0.2) is 8.42 Å². The average Bonchev–Trinajstić information content (AvgIpc) is 2.13. The quantitative estimate of drug-likeness (QED) is 0.809. The minimum Gasteiger partial charge on any atom is -0.375 e. The van der Waals surface area contributed by atoms with E-state index in [0.29, 0.717) is 17.5 Å². The highest BCUT2D eigenvalue weighted by Gasteiger charge is 2.32. The predicted molar refractivity (Wildman–Crippen MR) is 67.9 cm³/mol. The van der Waals surface area contributed by atoms with E-state index in [9.17, 15) is 8.42 Å². The third kappa shape index (κ3) is 3.93. The lowest BCUT2D eigenvalue weighted by atomic mass is 9.93. The lowest BCUT2D eigenvalue weighted by Gasteiger charge is -2.38. The van der Waals surface area contributed by atoms with Crippen LogP contribution in [0.2, 0.25) is 0 Å². The van der Waals surface area contributed by atoms with E-state index in [1.807, 2.05) is 0 Å². The first-order valence-corrected chi connectivity index (χ1v) is 8.29. The van der Waals surface area contributed by atoms with Crippen LogP contribution in [-0.4, -0.2) is 44.2 Å². The Morgan fingerprint density at radius 2 is 2.00 bits per heavy atom. The van der Waals surface area contributed by atoms with E-state index in [0.717, 1.165) is 32.3 Å². The first kappa shape index (κ1) is 13.3. The third-order valence-electron chi connectivity index (χ3n) is 3.63. The summed E-state index contributed by atoms with van der Waals surface area (Å²) in [4.78, 5) is 0. The number of sulfone groups is 1. The van der Waals surface area contributed by atoms with Crippen LogP contribution in [0.3, 0.4) is 0 Å². The van der Waals surface area contributed by atoms with Gasteiger partial charge in [-0.15, -0.1) is 0 Å². The van der Waals surface area contributed by atoms with Crippen molar-refractivity contribution in [1.82, 2.24) is 5.32 Å². The molecular formula is C12H23NO3S. The fraction of sp³-hybridized carbons (Fsp3) is 1.00. The highest BCUT2D eigenvalue weighted by Crippen LogP contribution is 2.25. The van der Waals surface area contributed by atoms with Gasteiger partial charge in [-0.3, -0.25) is 0 Å². The molecule has 2 heterocycles. The van der Waals surface area contributed by atoms with Crippen molar-refractivity contribution >= 4 is 9.84 Å². The fourth-order valence-corrected chi connectivity index (χ4v) is 4.51. The van der Waals surface area contributed by atoms with Gasteiger partial charge in [0.15, 0.2) is 9.84 Å². The minimum absolute atomic E-state index is 0.0799. The molecule has 0 bridgehead atoms. The predicted octanol–water partition coefficient (Wildman–Crippen LogP) is 1.11. The molecule has 2 aliphatic rings. The molecule has 4 nitrogen and oxygen atoms in total. The van der Waals surface area contributed by atoms with Gasteiger partial charge in [-0.2, -0.15) is 0 Å². The first-order valence-electron chi connectivity index (χ1n) is 6.47. The summed E-state index contributed by atoms with van der Waals surface area (Å²) >= 11 is 0. The summed E-state index contributed by atoms with van der Waals surface area (Å²) in [6.07, 6.45) is 3.73. The molecule has 17 heavy (non-hydrogen) atoms. The van der Waals surface area contributed by atoms with Gasteiger partial charge in [0.05, 0.1) is 17.1 Å². The topological polar surface area (TPSA) is 55.4 Å². The minimum atomic E-state index is -2.81. The van der Waals surface area contributed by atoms with Crippen LogP contribution in [0.1, 0.15) is 39.5 Å². The van der Waals surface area contributed by atoms with Crippen LogP contribution in [0.25, 0.3) is 0 Å². The van der Waals surface area contributed by atoms with Crippen LogP contribution in [0.5, 0.6) is 0 Å². The van der Waals surface area contributed by atoms with Crippen molar-refractivity contribution < 1.29 is 13.2 Å². The maximum Gasteiger partial charge on any atom is 0.151 e. The lowest BCUT2D eigenvalue weighted by Crippen LogP contribution is -2.50. The molecule has 5 heteroatoms. The van der Waals surface area contributed by atoms with Crippen molar-refractivity contribution in [1.29, 1.82) is 0 Å². The normalized spacial score (nSPS) is 36.6. The van der Waals surface area contributed by atoms with Crippen molar-refractivity contribution in [2.24, 2.45) is 0 Å². The zero-order valence-corrected chi connectivity index (χ0v) is 11.6. The van der Waals surface area contributed by atoms with E-state index in [1.165, 1.54) is 0 Å². The smallest absolute Gasteiger partial charge is 0.151 e. The molecule has 2 saturated heterocycles. The molecule has 0 amide bonds. The maximum atomic E-state index is 11.6. The van der Waals surface area contributed by atoms with E-state index < -0.39 is 9.84 Å². The summed E-state index contributed by atoms with van der Waals surface area (Å²) in [5.74, 6) is 0.676. The molecule has 0 saturated carbocycles. The van der Waals surface area contributed by atoms with Gasteiger partial charge in [0, 0.05) is 18.7 Å². The van der Waals surface area contributed by atoms with Crippen molar-refractivity contribution in [3.63, 3.8) is 0 Å². The summed E-state index contributed by atoms with van der Waals surface area (Å²) in [6.45, 7) is 4.96. The average molecular weight is 261 g/mol. The number of nitrogens with one attached hydrogen (secondary N) is 1. The van der Waals surface area contributed by atoms with Crippen molar-refractivity contribution in [2.45, 2.75) is 57.2 Å². The lowest BCUT2D eigenvalue weighted by molar-refractivity contribution is -0.0640. The molecule has 0 aromatic carbocycles. The molecule has 0 radical (unpaired) electrons. The van der Waals surface area contributed by atoms with E-state index in [-0.39, 0.29) is 11.6 Å². The van der Waals surface area contributed by atoms with Crippen LogP contribution in [0.15, 0.2) is 0 Å². The van der Waals surface area contributed by atoms with Crippen molar-refractivity contribution in [2.75, 3.05) is 18.1 Å². The molecule has 2 rings (SSSR count). The van der Waals surface area contributed by atoms with Crippen LogP contribution in [0, 0.1) is 0 Å². The fourth-order valence-electron chi connectivity index (χ4n) is 2.86. The zero-order chi connectivity index (χ0) is 12.5. The molecule has 0 aromatic rings. The Morgan fingerprint density at radius 1 is 1.24 bits per heavy atom. The summed E-state index contributed by atoms with van der Waals surface area (Å²) < 4.78 is 28.8. The van der Waals surface area contributed by atoms with Crippen molar-refractivity contribution in [3.8, 4) is 0 Å². The third-order valence-corrected chi connectivity index (χ3v) is 5.45. The van der Waals surface area contributed by atoms with Crippen LogP contribution in [-0.2, 0) is 14.6 Å². The number of hydrogen-bond acceptors (Lipinski definition) is 4. The van der Waals surface area contributed by atoms with Gasteiger partial charge in [0.1, 0.15) is 0 Å². The SMILES string of the molecule is CC1(C)CC(NC2CCCS(=O)(=O)C2)CCO1. The van der Waals surface area contributed by atoms with Gasteiger partial charge in [-0.05, 0) is 39.5 Å². The summed E-state index contributed by atoms with van der Waals surface area (Å²) in [7, 11) is -2.81. The molecule has 100 valence electrons. The largest absolute Gasteiger partial charge is 0.375 e. The Hall–Kier alpha value is -0.130. The molecule has 2 unspecified atom stereocenters. The number of rotatable bonds is 2. The van der Waals surface area contributed by atoms with Gasteiger partial charge in [-0.1, -0.05) is 0 Å². The maximum absolute atomic E-state index is 11.6. The Labute approximate surface area is 104 Å². The Bertz CT molecular complexity index is 364. The summed E-state index contributed by atoms with van der Waals surface area (Å²) in [5, 5.41) is 3.51. The van der Waals surface area contributed by atoms with Crippen molar-refractivity contribution in [3.05, 3.63) is 0 Å². The summed E-state index contributed by atoms with van der Waals surface area (Å²) in [5.41, 5.74) is -0.0799. The van der Waals surface area contributed by atoms with Crippen LogP contribution in [0.4, 0.5) is 0 Å². The number of ether oxygens (including phenoxy) is 1. The Kier molecular flexibility index (Phi) is 3.80. The molecule has 2 fully saturated rings. The standard InChI is InChI=1S/C12H23NO3S/c1-12(2)8-10(5-6-16-12)13-11-4-3-7-17(14,15)9-11/h10-11,13H,3-9H2,1-2H3. The van der Waals surface area contributed by atoms with Gasteiger partial charge in [0.2, 0.25) is 0 Å². The van der Waals surface area contributed by atoms with Crippen LogP contribution < -0.4 is 5.32 Å². The molecule has 0 aliphatic carbocycles. The van der Waals surface area contributed by atoms with Gasteiger partial charge < -0.3 is 10.1 Å². The first-order chi connectivity index (χ1) is 7.86. The summed E-state index contributed by atoms with van der Waals surface area (Å²) in [6, 6.07) is 0.546. The van der Waals surface area contributed by atoms with Gasteiger partial charge in [0.25, 0.3) is 0 Å². The van der Waals surface area contributed by atoms with E-state index in [1.54, 1.807) is 0 Å². The zero-order valence-electron chi connectivity index (χ0n) is 10.7.